The molecule has 0 atom stereocenters. The van der Waals surface area contributed by atoms with E-state index in [9.17, 15) is 14.4 Å². The Balaban J connectivity index is 1.24. The number of aryl methyl sites for hydroxylation is 1. The van der Waals surface area contributed by atoms with Gasteiger partial charge in [0, 0.05) is 41.8 Å². The molecule has 2 aliphatic rings. The molecule has 1 saturated heterocycles. The number of nitrogens with zero attached hydrogens (tertiary/aromatic N) is 5. The van der Waals surface area contributed by atoms with Crippen LogP contribution in [0, 0.1) is 12.8 Å². The number of ether oxygens (including phenoxy) is 1. The first-order valence-corrected chi connectivity index (χ1v) is 11.5. The standard InChI is InChI=1S/C26H25N5O4/c1-16-28-15-31(29-16)25-20-10-9-19(23(20)22(35-2)12-27-25)24(33)26(34)30-13-17(14-30)8-11-21(32)18-6-4-3-5-7-18/h3-7,9,12,15,17H,8,10-11,13-14H2,1-2H3. The number of fused-ring (bicyclic) bond motifs is 1. The Morgan fingerprint density at radius 1 is 1.11 bits per heavy atom. The molecule has 1 aliphatic carbocycles. The Morgan fingerprint density at radius 2 is 1.89 bits per heavy atom. The van der Waals surface area contributed by atoms with Gasteiger partial charge in [-0.1, -0.05) is 36.4 Å². The van der Waals surface area contributed by atoms with E-state index in [1.165, 1.54) is 13.3 Å². The van der Waals surface area contributed by atoms with Gasteiger partial charge in [0.15, 0.2) is 11.6 Å². The van der Waals surface area contributed by atoms with Crippen LogP contribution in [0.25, 0.3) is 11.4 Å². The molecule has 0 radical (unpaired) electrons. The summed E-state index contributed by atoms with van der Waals surface area (Å²) >= 11 is 0. The Bertz CT molecular complexity index is 1340. The smallest absolute Gasteiger partial charge is 0.294 e. The molecular weight excluding hydrogens is 446 g/mol. The fourth-order valence-corrected chi connectivity index (χ4v) is 4.60. The van der Waals surface area contributed by atoms with Crippen LogP contribution in [-0.2, 0) is 16.0 Å². The minimum absolute atomic E-state index is 0.0956. The van der Waals surface area contributed by atoms with Crippen molar-refractivity contribution in [2.45, 2.75) is 26.2 Å². The molecule has 1 fully saturated rings. The predicted octanol–water partition coefficient (Wildman–Crippen LogP) is 2.61. The first kappa shape index (κ1) is 22.6. The average molecular weight is 472 g/mol. The molecule has 0 spiro atoms. The molecule has 178 valence electrons. The molecule has 0 bridgehead atoms. The number of carbonyl (C=O) groups is 3. The second-order valence-corrected chi connectivity index (χ2v) is 8.80. The number of Topliss-reactive ketones (excluding diaryl/α,β-unsaturated/α-hetero) is 2. The van der Waals surface area contributed by atoms with Crippen molar-refractivity contribution in [3.05, 3.63) is 71.4 Å². The Hall–Kier alpha value is -4.14. The zero-order valence-electron chi connectivity index (χ0n) is 19.6. The first-order valence-electron chi connectivity index (χ1n) is 11.5. The summed E-state index contributed by atoms with van der Waals surface area (Å²) < 4.78 is 7.03. The van der Waals surface area contributed by atoms with Crippen LogP contribution < -0.4 is 4.74 Å². The molecule has 1 aromatic carbocycles. The molecule has 3 heterocycles. The van der Waals surface area contributed by atoms with Gasteiger partial charge in [-0.15, -0.1) is 0 Å². The Morgan fingerprint density at radius 3 is 2.57 bits per heavy atom. The average Bonchev–Trinajstić information content (AvgIpc) is 3.49. The van der Waals surface area contributed by atoms with Gasteiger partial charge in [0.05, 0.1) is 13.3 Å². The number of rotatable bonds is 8. The van der Waals surface area contributed by atoms with Crippen LogP contribution in [0.2, 0.25) is 0 Å². The van der Waals surface area contributed by atoms with E-state index in [2.05, 4.69) is 15.1 Å². The third-order valence-electron chi connectivity index (χ3n) is 6.50. The third-order valence-corrected chi connectivity index (χ3v) is 6.50. The van der Waals surface area contributed by atoms with Crippen molar-refractivity contribution in [1.29, 1.82) is 0 Å². The summed E-state index contributed by atoms with van der Waals surface area (Å²) in [5.74, 6) is 0.806. The molecule has 0 saturated carbocycles. The zero-order chi connectivity index (χ0) is 24.5. The molecule has 9 nitrogen and oxygen atoms in total. The Labute approximate surface area is 202 Å². The van der Waals surface area contributed by atoms with Crippen LogP contribution in [0.4, 0.5) is 0 Å². The van der Waals surface area contributed by atoms with Gasteiger partial charge in [-0.3, -0.25) is 14.4 Å². The van der Waals surface area contributed by atoms with E-state index in [-0.39, 0.29) is 11.7 Å². The summed E-state index contributed by atoms with van der Waals surface area (Å²) in [4.78, 5) is 48.6. The molecule has 0 unspecified atom stereocenters. The highest BCUT2D eigenvalue weighted by Gasteiger charge is 2.38. The summed E-state index contributed by atoms with van der Waals surface area (Å²) in [7, 11) is 1.51. The number of methoxy groups -OCH3 is 1. The number of aromatic nitrogens is 4. The summed E-state index contributed by atoms with van der Waals surface area (Å²) in [6, 6.07) is 9.19. The maximum atomic E-state index is 13.2. The quantitative estimate of drug-likeness (QED) is 0.367. The third kappa shape index (κ3) is 4.25. The van der Waals surface area contributed by atoms with E-state index in [1.54, 1.807) is 28.9 Å². The summed E-state index contributed by atoms with van der Waals surface area (Å²) in [6.07, 6.45) is 6.41. The van der Waals surface area contributed by atoms with Crippen molar-refractivity contribution in [2.24, 2.45) is 5.92 Å². The molecule has 1 amide bonds. The topological polar surface area (TPSA) is 107 Å². The minimum Gasteiger partial charge on any atom is -0.494 e. The highest BCUT2D eigenvalue weighted by Crippen LogP contribution is 2.38. The number of pyridine rings is 1. The van der Waals surface area contributed by atoms with Gasteiger partial charge in [0.2, 0.25) is 0 Å². The SMILES string of the molecule is COc1cnc(-n2cnc(C)n2)c2c1C(C(=O)C(=O)N1CC(CCC(=O)c3ccccc3)C1)=CC2. The van der Waals surface area contributed by atoms with Crippen molar-refractivity contribution in [3.63, 3.8) is 0 Å². The number of hydrogen-bond donors (Lipinski definition) is 0. The van der Waals surface area contributed by atoms with Gasteiger partial charge >= 0.3 is 0 Å². The summed E-state index contributed by atoms with van der Waals surface area (Å²) in [5.41, 5.74) is 2.37. The van der Waals surface area contributed by atoms with Gasteiger partial charge in [0.25, 0.3) is 11.7 Å². The van der Waals surface area contributed by atoms with Crippen molar-refractivity contribution in [3.8, 4) is 11.6 Å². The molecule has 5 rings (SSSR count). The number of hydrogen-bond acceptors (Lipinski definition) is 7. The van der Waals surface area contributed by atoms with E-state index in [4.69, 9.17) is 4.74 Å². The fraction of sp³-hybridized carbons (Fsp3) is 0.308. The maximum Gasteiger partial charge on any atom is 0.294 e. The molecule has 0 N–H and O–H groups in total. The molecule has 9 heteroatoms. The highest BCUT2D eigenvalue weighted by molar-refractivity contribution is 6.54. The monoisotopic (exact) mass is 471 g/mol. The lowest BCUT2D eigenvalue weighted by molar-refractivity contribution is -0.146. The van der Waals surface area contributed by atoms with E-state index in [0.29, 0.717) is 66.4 Å². The molecular formula is C26H25N5O4. The van der Waals surface area contributed by atoms with Crippen LogP contribution in [0.3, 0.4) is 0 Å². The van der Waals surface area contributed by atoms with E-state index in [1.807, 2.05) is 30.3 Å². The van der Waals surface area contributed by atoms with Crippen LogP contribution in [-0.4, -0.2) is 62.3 Å². The lowest BCUT2D eigenvalue weighted by atomic mass is 9.91. The second kappa shape index (κ2) is 9.25. The molecule has 1 aliphatic heterocycles. The van der Waals surface area contributed by atoms with Crippen molar-refractivity contribution in [1.82, 2.24) is 24.6 Å². The van der Waals surface area contributed by atoms with Gasteiger partial charge in [0.1, 0.15) is 17.9 Å². The molecule has 3 aromatic rings. The van der Waals surface area contributed by atoms with Crippen LogP contribution in [0.5, 0.6) is 5.75 Å². The highest BCUT2D eigenvalue weighted by atomic mass is 16.5. The predicted molar refractivity (Wildman–Crippen MR) is 127 cm³/mol. The van der Waals surface area contributed by atoms with Crippen LogP contribution >= 0.6 is 0 Å². The number of likely N-dealkylation sites (tertiary alicyclic amines) is 1. The molecule has 35 heavy (non-hydrogen) atoms. The summed E-state index contributed by atoms with van der Waals surface area (Å²) in [5, 5.41) is 4.32. The largest absolute Gasteiger partial charge is 0.494 e. The number of amides is 1. The van der Waals surface area contributed by atoms with Crippen molar-refractivity contribution < 1.29 is 19.1 Å². The van der Waals surface area contributed by atoms with Crippen LogP contribution in [0.1, 0.15) is 40.2 Å². The maximum absolute atomic E-state index is 13.2. The lowest BCUT2D eigenvalue weighted by Crippen LogP contribution is -2.52. The number of carbonyl (C=O) groups excluding carboxylic acids is 3. The fourth-order valence-electron chi connectivity index (χ4n) is 4.60. The minimum atomic E-state index is -0.562. The number of benzene rings is 1. The Kier molecular flexibility index (Phi) is 5.98. The van der Waals surface area contributed by atoms with Gasteiger partial charge in [-0.2, -0.15) is 5.10 Å². The van der Waals surface area contributed by atoms with E-state index < -0.39 is 11.7 Å². The van der Waals surface area contributed by atoms with Gasteiger partial charge < -0.3 is 9.64 Å². The molecule has 2 aromatic heterocycles. The van der Waals surface area contributed by atoms with Gasteiger partial charge in [-0.05, 0) is 25.7 Å². The normalized spacial score (nSPS) is 14.8. The van der Waals surface area contributed by atoms with Crippen LogP contribution in [0.15, 0.2) is 48.9 Å². The number of ketones is 2. The first-order chi connectivity index (χ1) is 17.0. The second-order valence-electron chi connectivity index (χ2n) is 8.80. The van der Waals surface area contributed by atoms with Crippen molar-refractivity contribution in [2.75, 3.05) is 20.2 Å². The van der Waals surface area contributed by atoms with Crippen molar-refractivity contribution >= 4 is 23.0 Å². The van der Waals surface area contributed by atoms with Gasteiger partial charge in [-0.25, -0.2) is 14.6 Å². The van der Waals surface area contributed by atoms with E-state index >= 15 is 0 Å². The number of allylic oxidation sites excluding steroid dienone is 1. The van der Waals surface area contributed by atoms with E-state index in [0.717, 1.165) is 5.56 Å². The summed E-state index contributed by atoms with van der Waals surface area (Å²) in [6.45, 7) is 2.73. The zero-order valence-corrected chi connectivity index (χ0v) is 19.6. The lowest BCUT2D eigenvalue weighted by Gasteiger charge is -2.39.